The van der Waals surface area contributed by atoms with Crippen LogP contribution >= 0.6 is 11.3 Å². The molecule has 5 rings (SSSR count). The first kappa shape index (κ1) is 21.0. The Bertz CT molecular complexity index is 1460. The molecule has 0 aliphatic heterocycles. The molecule has 4 nitrogen and oxygen atoms in total. The lowest BCUT2D eigenvalue weighted by molar-refractivity contribution is 0.0993. The molecule has 2 aromatic carbocycles. The number of hydrogen-bond acceptors (Lipinski definition) is 5. The van der Waals surface area contributed by atoms with E-state index in [2.05, 4.69) is 46.9 Å². The number of ketones is 1. The number of aryl methyl sites for hydroxylation is 2. The van der Waals surface area contributed by atoms with Crippen molar-refractivity contribution in [3.05, 3.63) is 107 Å². The summed E-state index contributed by atoms with van der Waals surface area (Å²) in [6.45, 7) is 4.08. The summed E-state index contributed by atoms with van der Waals surface area (Å²) in [6, 6.07) is 22.0. The number of thiophene rings is 1. The van der Waals surface area contributed by atoms with E-state index < -0.39 is 0 Å². The number of fused-ring (bicyclic) bond motifs is 1. The van der Waals surface area contributed by atoms with Gasteiger partial charge in [-0.05, 0) is 66.8 Å². The van der Waals surface area contributed by atoms with Gasteiger partial charge in [0.25, 0.3) is 0 Å². The standard InChI is InChI=1S/C28H23N3OS/c1-18-4-3-5-22(14-18)27(32)16-20-7-6-19(2)24(15-20)30-26-17-25(21-8-11-29-12-9-21)31-28-23(26)10-13-33-28/h3-15,17H,16H2,1-2H3,(H,30,31). The monoisotopic (exact) mass is 449 g/mol. The van der Waals surface area contributed by atoms with E-state index in [1.54, 1.807) is 23.7 Å². The molecule has 33 heavy (non-hydrogen) atoms. The van der Waals surface area contributed by atoms with Crippen LogP contribution in [0.2, 0.25) is 0 Å². The van der Waals surface area contributed by atoms with E-state index in [0.29, 0.717) is 6.42 Å². The number of nitrogens with zero attached hydrogens (tertiary/aromatic N) is 2. The maximum absolute atomic E-state index is 12.8. The van der Waals surface area contributed by atoms with Gasteiger partial charge in [0.2, 0.25) is 0 Å². The van der Waals surface area contributed by atoms with Crippen LogP contribution in [0.15, 0.2) is 84.5 Å². The summed E-state index contributed by atoms with van der Waals surface area (Å²) in [5, 5.41) is 6.75. The largest absolute Gasteiger partial charge is 0.355 e. The molecule has 0 saturated carbocycles. The van der Waals surface area contributed by atoms with E-state index >= 15 is 0 Å². The van der Waals surface area contributed by atoms with Gasteiger partial charge in [0.05, 0.1) is 11.4 Å². The Morgan fingerprint density at radius 1 is 0.939 bits per heavy atom. The first-order valence-electron chi connectivity index (χ1n) is 10.8. The van der Waals surface area contributed by atoms with E-state index in [-0.39, 0.29) is 5.78 Å². The summed E-state index contributed by atoms with van der Waals surface area (Å²) < 4.78 is 0. The number of pyridine rings is 2. The molecule has 0 spiro atoms. The Hall–Kier alpha value is -3.83. The number of carbonyl (C=O) groups excluding carboxylic acids is 1. The van der Waals surface area contributed by atoms with Gasteiger partial charge in [0, 0.05) is 41.0 Å². The third-order valence-electron chi connectivity index (χ3n) is 5.69. The van der Waals surface area contributed by atoms with Crippen LogP contribution in [0.3, 0.4) is 0 Å². The minimum Gasteiger partial charge on any atom is -0.355 e. The van der Waals surface area contributed by atoms with Gasteiger partial charge in [0.1, 0.15) is 4.83 Å². The van der Waals surface area contributed by atoms with E-state index in [1.165, 1.54) is 0 Å². The van der Waals surface area contributed by atoms with Crippen LogP contribution in [0.4, 0.5) is 11.4 Å². The van der Waals surface area contributed by atoms with Crippen molar-refractivity contribution in [2.45, 2.75) is 20.3 Å². The van der Waals surface area contributed by atoms with Crippen molar-refractivity contribution in [1.29, 1.82) is 0 Å². The second-order valence-electron chi connectivity index (χ2n) is 8.17. The maximum atomic E-state index is 12.8. The van der Waals surface area contributed by atoms with Crippen LogP contribution in [-0.4, -0.2) is 15.8 Å². The molecule has 0 amide bonds. The van der Waals surface area contributed by atoms with Crippen LogP contribution < -0.4 is 5.32 Å². The lowest BCUT2D eigenvalue weighted by atomic mass is 10.00. The van der Waals surface area contributed by atoms with Crippen LogP contribution in [0, 0.1) is 13.8 Å². The quantitative estimate of drug-likeness (QED) is 0.280. The van der Waals surface area contributed by atoms with Gasteiger partial charge < -0.3 is 5.32 Å². The SMILES string of the molecule is Cc1cccc(C(=O)Cc2ccc(C)c(Nc3cc(-c4ccncc4)nc4sccc34)c2)c1. The molecule has 162 valence electrons. The Labute approximate surface area is 197 Å². The Morgan fingerprint density at radius 2 is 1.79 bits per heavy atom. The molecular formula is C28H23N3OS. The molecule has 0 saturated heterocycles. The third-order valence-corrected chi connectivity index (χ3v) is 6.50. The summed E-state index contributed by atoms with van der Waals surface area (Å²) in [7, 11) is 0. The lowest BCUT2D eigenvalue weighted by Crippen LogP contribution is -2.05. The Morgan fingerprint density at radius 3 is 2.61 bits per heavy atom. The first-order valence-corrected chi connectivity index (χ1v) is 11.7. The molecule has 0 aliphatic carbocycles. The van der Waals surface area contributed by atoms with Gasteiger partial charge in [-0.3, -0.25) is 9.78 Å². The molecule has 0 atom stereocenters. The van der Waals surface area contributed by atoms with E-state index in [4.69, 9.17) is 4.98 Å². The average Bonchev–Trinajstić information content (AvgIpc) is 3.31. The Balaban J connectivity index is 1.47. The van der Waals surface area contributed by atoms with Crippen molar-refractivity contribution < 1.29 is 4.79 Å². The van der Waals surface area contributed by atoms with Gasteiger partial charge in [-0.2, -0.15) is 0 Å². The van der Waals surface area contributed by atoms with E-state index in [1.807, 2.05) is 49.4 Å². The first-order chi connectivity index (χ1) is 16.1. The number of aromatic nitrogens is 2. The van der Waals surface area contributed by atoms with Gasteiger partial charge in [0.15, 0.2) is 5.78 Å². The highest BCUT2D eigenvalue weighted by Crippen LogP contribution is 2.34. The number of nitrogens with one attached hydrogen (secondary N) is 1. The maximum Gasteiger partial charge on any atom is 0.167 e. The highest BCUT2D eigenvalue weighted by molar-refractivity contribution is 7.16. The molecule has 1 N–H and O–H groups in total. The van der Waals surface area contributed by atoms with Gasteiger partial charge in [-0.25, -0.2) is 4.98 Å². The van der Waals surface area contributed by atoms with Crippen molar-refractivity contribution >= 4 is 38.7 Å². The molecule has 0 bridgehead atoms. The number of benzene rings is 2. The van der Waals surface area contributed by atoms with Crippen LogP contribution in [-0.2, 0) is 6.42 Å². The summed E-state index contributed by atoms with van der Waals surface area (Å²) in [6.07, 6.45) is 3.92. The lowest BCUT2D eigenvalue weighted by Gasteiger charge is -2.14. The molecule has 5 heteroatoms. The van der Waals surface area contributed by atoms with E-state index in [9.17, 15) is 4.79 Å². The second kappa shape index (κ2) is 8.96. The molecule has 5 aromatic rings. The zero-order valence-electron chi connectivity index (χ0n) is 18.5. The number of rotatable bonds is 6. The number of Topliss-reactive ketones (excluding diaryl/α,β-unsaturated/α-hetero) is 1. The minimum absolute atomic E-state index is 0.123. The number of carbonyl (C=O) groups is 1. The van der Waals surface area contributed by atoms with Crippen LogP contribution in [0.1, 0.15) is 27.0 Å². The molecule has 0 radical (unpaired) electrons. The predicted octanol–water partition coefficient (Wildman–Crippen LogP) is 7.14. The second-order valence-corrected chi connectivity index (χ2v) is 9.07. The summed E-state index contributed by atoms with van der Waals surface area (Å²) in [5.74, 6) is 0.123. The molecule has 3 aromatic heterocycles. The fourth-order valence-corrected chi connectivity index (χ4v) is 4.68. The number of hydrogen-bond donors (Lipinski definition) is 1. The van der Waals surface area contributed by atoms with Gasteiger partial charge >= 0.3 is 0 Å². The zero-order valence-corrected chi connectivity index (χ0v) is 19.3. The minimum atomic E-state index is 0.123. The molecular weight excluding hydrogens is 426 g/mol. The summed E-state index contributed by atoms with van der Waals surface area (Å²) in [4.78, 5) is 22.8. The summed E-state index contributed by atoms with van der Waals surface area (Å²) in [5.41, 5.74) is 7.86. The molecule has 0 fully saturated rings. The van der Waals surface area contributed by atoms with E-state index in [0.717, 1.165) is 55.1 Å². The van der Waals surface area contributed by atoms with Crippen LogP contribution in [0.5, 0.6) is 0 Å². The average molecular weight is 450 g/mol. The predicted molar refractivity (Wildman–Crippen MR) is 137 cm³/mol. The summed E-state index contributed by atoms with van der Waals surface area (Å²) >= 11 is 1.62. The van der Waals surface area contributed by atoms with Crippen molar-refractivity contribution in [2.75, 3.05) is 5.32 Å². The molecule has 0 aliphatic rings. The van der Waals surface area contributed by atoms with Crippen molar-refractivity contribution in [2.24, 2.45) is 0 Å². The normalized spacial score (nSPS) is 11.0. The molecule has 3 heterocycles. The third kappa shape index (κ3) is 4.54. The smallest absolute Gasteiger partial charge is 0.167 e. The molecule has 0 unspecified atom stereocenters. The highest BCUT2D eigenvalue weighted by atomic mass is 32.1. The van der Waals surface area contributed by atoms with Gasteiger partial charge in [-0.1, -0.05) is 35.9 Å². The number of anilines is 2. The topological polar surface area (TPSA) is 54.9 Å². The fraction of sp³-hybridized carbons (Fsp3) is 0.107. The zero-order chi connectivity index (χ0) is 22.8. The van der Waals surface area contributed by atoms with Crippen molar-refractivity contribution in [3.63, 3.8) is 0 Å². The fourth-order valence-electron chi connectivity index (χ4n) is 3.89. The van der Waals surface area contributed by atoms with Crippen LogP contribution in [0.25, 0.3) is 21.5 Å². The van der Waals surface area contributed by atoms with Crippen molar-refractivity contribution in [3.8, 4) is 11.3 Å². The highest BCUT2D eigenvalue weighted by Gasteiger charge is 2.12. The Kier molecular flexibility index (Phi) is 5.71. The van der Waals surface area contributed by atoms with Crippen molar-refractivity contribution in [1.82, 2.24) is 9.97 Å². The van der Waals surface area contributed by atoms with Gasteiger partial charge in [-0.15, -0.1) is 11.3 Å².